The third-order valence-corrected chi connectivity index (χ3v) is 6.29. The number of fused-ring (bicyclic) bond motifs is 1. The molecule has 0 saturated heterocycles. The first-order valence-electron chi connectivity index (χ1n) is 11.9. The molecule has 9 heteroatoms. The molecule has 0 radical (unpaired) electrons. The molecular weight excluding hydrogens is 458 g/mol. The summed E-state index contributed by atoms with van der Waals surface area (Å²) in [5.74, 6) is 0.510. The van der Waals surface area contributed by atoms with Crippen molar-refractivity contribution in [2.75, 3.05) is 58.2 Å². The van der Waals surface area contributed by atoms with Crippen LogP contribution in [-0.4, -0.2) is 75.5 Å². The Morgan fingerprint density at radius 3 is 2.44 bits per heavy atom. The first kappa shape index (κ1) is 27.0. The highest BCUT2D eigenvalue weighted by molar-refractivity contribution is 6.08. The molecule has 0 spiro atoms. The van der Waals surface area contributed by atoms with Crippen LogP contribution in [0.4, 0.5) is 11.4 Å². The standard InChI is InChI=1S/C27H37N5O4/c1-27(2,3)20-10-16(11-21(24(20)36-7)30-8-9-33)23(34)15-32-14-17-12-22(31(5)6)19(26(35)29-4)13-18(17)25(32)28/h10-13,28,30,33H,8-9,14-15H2,1-7H3,(H,29,35). The highest BCUT2D eigenvalue weighted by Crippen LogP contribution is 2.38. The minimum absolute atomic E-state index is 0.0233. The molecule has 1 aliphatic heterocycles. The summed E-state index contributed by atoms with van der Waals surface area (Å²) in [5, 5.41) is 23.8. The van der Waals surface area contributed by atoms with E-state index in [9.17, 15) is 14.7 Å². The van der Waals surface area contributed by atoms with Crippen LogP contribution in [-0.2, 0) is 12.0 Å². The van der Waals surface area contributed by atoms with E-state index < -0.39 is 0 Å². The summed E-state index contributed by atoms with van der Waals surface area (Å²) >= 11 is 0. The van der Waals surface area contributed by atoms with Crippen LogP contribution in [0.15, 0.2) is 24.3 Å². The van der Waals surface area contributed by atoms with E-state index >= 15 is 0 Å². The Labute approximate surface area is 212 Å². The molecule has 0 unspecified atom stereocenters. The number of anilines is 2. The van der Waals surface area contributed by atoms with Crippen LogP contribution in [0.25, 0.3) is 0 Å². The van der Waals surface area contributed by atoms with Crippen LogP contribution in [0.5, 0.6) is 5.75 Å². The molecule has 0 bridgehead atoms. The van der Waals surface area contributed by atoms with Gasteiger partial charge in [-0.2, -0.15) is 0 Å². The first-order valence-corrected chi connectivity index (χ1v) is 11.9. The average molecular weight is 496 g/mol. The number of rotatable bonds is 9. The van der Waals surface area contributed by atoms with Crippen molar-refractivity contribution in [3.8, 4) is 5.75 Å². The summed E-state index contributed by atoms with van der Waals surface area (Å²) in [7, 11) is 6.91. The number of nitrogens with zero attached hydrogens (tertiary/aromatic N) is 2. The fraction of sp³-hybridized carbons (Fsp3) is 0.444. The topological polar surface area (TPSA) is 118 Å². The van der Waals surface area contributed by atoms with Crippen LogP contribution >= 0.6 is 0 Å². The number of aliphatic hydroxyl groups excluding tert-OH is 1. The quantitative estimate of drug-likeness (QED) is 0.395. The second-order valence-corrected chi connectivity index (χ2v) is 10.1. The van der Waals surface area contributed by atoms with Gasteiger partial charge in [-0.3, -0.25) is 15.0 Å². The van der Waals surface area contributed by atoms with Gasteiger partial charge < -0.3 is 30.3 Å². The molecule has 0 saturated carbocycles. The minimum Gasteiger partial charge on any atom is -0.494 e. The number of amides is 1. The number of ketones is 1. The molecule has 9 nitrogen and oxygen atoms in total. The van der Waals surface area contributed by atoms with Gasteiger partial charge in [0.2, 0.25) is 0 Å². The summed E-state index contributed by atoms with van der Waals surface area (Å²) < 4.78 is 5.66. The highest BCUT2D eigenvalue weighted by atomic mass is 16.5. The van der Waals surface area contributed by atoms with Crippen LogP contribution in [0.1, 0.15) is 58.2 Å². The van der Waals surface area contributed by atoms with E-state index in [1.807, 2.05) is 51.9 Å². The lowest BCUT2D eigenvalue weighted by Gasteiger charge is -2.26. The zero-order chi connectivity index (χ0) is 26.8. The number of hydrogen-bond acceptors (Lipinski definition) is 7. The number of hydrogen-bond donors (Lipinski definition) is 4. The van der Waals surface area contributed by atoms with E-state index in [4.69, 9.17) is 10.1 Å². The lowest BCUT2D eigenvalue weighted by atomic mass is 9.84. The normalized spacial score (nSPS) is 12.9. The summed E-state index contributed by atoms with van der Waals surface area (Å²) in [5.41, 5.74) is 4.55. The number of methoxy groups -OCH3 is 1. The van der Waals surface area contributed by atoms with Crippen molar-refractivity contribution in [3.63, 3.8) is 0 Å². The van der Waals surface area contributed by atoms with E-state index in [2.05, 4.69) is 10.6 Å². The van der Waals surface area contributed by atoms with Gasteiger partial charge in [-0.25, -0.2) is 0 Å². The van der Waals surface area contributed by atoms with Crippen molar-refractivity contribution in [1.29, 1.82) is 5.41 Å². The van der Waals surface area contributed by atoms with E-state index in [0.29, 0.717) is 41.2 Å². The SMILES string of the molecule is CNC(=O)c1cc2c(cc1N(C)C)CN(CC(=O)c1cc(NCCO)c(OC)c(C(C)(C)C)c1)C2=N. The first-order chi connectivity index (χ1) is 16.9. The van der Waals surface area contributed by atoms with Crippen LogP contribution in [0.3, 0.4) is 0 Å². The van der Waals surface area contributed by atoms with Gasteiger partial charge in [-0.05, 0) is 35.2 Å². The Morgan fingerprint density at radius 2 is 1.89 bits per heavy atom. The maximum Gasteiger partial charge on any atom is 0.253 e. The molecule has 194 valence electrons. The molecule has 0 fully saturated rings. The molecule has 1 aliphatic rings. The van der Waals surface area contributed by atoms with Gasteiger partial charge >= 0.3 is 0 Å². The lowest BCUT2D eigenvalue weighted by molar-refractivity contribution is 0.0955. The zero-order valence-electron chi connectivity index (χ0n) is 22.2. The van der Waals surface area contributed by atoms with Crippen molar-refractivity contribution in [2.24, 2.45) is 0 Å². The lowest BCUT2D eigenvalue weighted by Crippen LogP contribution is -2.30. The predicted molar refractivity (Wildman–Crippen MR) is 143 cm³/mol. The van der Waals surface area contributed by atoms with Crippen LogP contribution < -0.4 is 20.3 Å². The predicted octanol–water partition coefficient (Wildman–Crippen LogP) is 2.85. The van der Waals surface area contributed by atoms with Gasteiger partial charge in [0, 0.05) is 56.6 Å². The summed E-state index contributed by atoms with van der Waals surface area (Å²) in [6, 6.07) is 7.25. The molecular formula is C27H37N5O4. The number of carbonyl (C=O) groups is 2. The Morgan fingerprint density at radius 1 is 1.19 bits per heavy atom. The average Bonchev–Trinajstić information content (AvgIpc) is 3.14. The number of Topliss-reactive ketones (excluding diaryl/α,β-unsaturated/α-hetero) is 1. The molecule has 3 rings (SSSR count). The maximum atomic E-state index is 13.5. The van der Waals surface area contributed by atoms with Gasteiger partial charge in [0.15, 0.2) is 5.78 Å². The van der Waals surface area contributed by atoms with E-state index in [1.54, 1.807) is 31.2 Å². The number of aliphatic hydroxyl groups is 1. The van der Waals surface area contributed by atoms with E-state index in [-0.39, 0.29) is 36.1 Å². The fourth-order valence-corrected chi connectivity index (χ4v) is 4.41. The van der Waals surface area contributed by atoms with Gasteiger partial charge in [0.1, 0.15) is 11.6 Å². The van der Waals surface area contributed by atoms with Crippen molar-refractivity contribution in [1.82, 2.24) is 10.2 Å². The summed E-state index contributed by atoms with van der Waals surface area (Å²) in [4.78, 5) is 29.5. The van der Waals surface area contributed by atoms with Crippen molar-refractivity contribution in [2.45, 2.75) is 32.7 Å². The smallest absolute Gasteiger partial charge is 0.253 e. The molecule has 0 aliphatic carbocycles. The summed E-state index contributed by atoms with van der Waals surface area (Å²) in [6.45, 7) is 6.85. The van der Waals surface area contributed by atoms with Gasteiger partial charge in [0.05, 0.1) is 31.5 Å². The van der Waals surface area contributed by atoms with Crippen molar-refractivity contribution >= 4 is 28.9 Å². The molecule has 0 aromatic heterocycles. The summed E-state index contributed by atoms with van der Waals surface area (Å²) in [6.07, 6.45) is 0. The van der Waals surface area contributed by atoms with Gasteiger partial charge in [0.25, 0.3) is 5.91 Å². The van der Waals surface area contributed by atoms with E-state index in [1.165, 1.54) is 0 Å². The molecule has 2 aromatic carbocycles. The Balaban J connectivity index is 1.94. The number of carbonyl (C=O) groups excluding carboxylic acids is 2. The Kier molecular flexibility index (Phi) is 7.93. The van der Waals surface area contributed by atoms with Gasteiger partial charge in [-0.1, -0.05) is 20.8 Å². The molecule has 1 heterocycles. The molecule has 1 amide bonds. The van der Waals surface area contributed by atoms with E-state index in [0.717, 1.165) is 16.8 Å². The second kappa shape index (κ2) is 10.6. The number of nitrogens with one attached hydrogen (secondary N) is 3. The molecule has 2 aromatic rings. The maximum absolute atomic E-state index is 13.5. The second-order valence-electron chi connectivity index (χ2n) is 10.1. The van der Waals surface area contributed by atoms with Crippen LogP contribution in [0, 0.1) is 5.41 Å². The van der Waals surface area contributed by atoms with Crippen molar-refractivity contribution < 1.29 is 19.4 Å². The molecule has 36 heavy (non-hydrogen) atoms. The highest BCUT2D eigenvalue weighted by Gasteiger charge is 2.30. The fourth-order valence-electron chi connectivity index (χ4n) is 4.41. The third-order valence-electron chi connectivity index (χ3n) is 6.29. The minimum atomic E-state index is -0.285. The van der Waals surface area contributed by atoms with Crippen LogP contribution in [0.2, 0.25) is 0 Å². The monoisotopic (exact) mass is 495 g/mol. The largest absolute Gasteiger partial charge is 0.494 e. The number of amidine groups is 1. The molecule has 4 N–H and O–H groups in total. The van der Waals surface area contributed by atoms with Gasteiger partial charge in [-0.15, -0.1) is 0 Å². The number of ether oxygens (including phenoxy) is 1. The Bertz CT molecular complexity index is 1180. The number of benzene rings is 2. The Hall–Kier alpha value is -3.59. The third kappa shape index (κ3) is 5.31. The van der Waals surface area contributed by atoms with Crippen molar-refractivity contribution in [3.05, 3.63) is 52.1 Å². The zero-order valence-corrected chi connectivity index (χ0v) is 22.2. The molecule has 0 atom stereocenters.